The van der Waals surface area contributed by atoms with Gasteiger partial charge in [-0.05, 0) is 18.9 Å². The zero-order valence-electron chi connectivity index (χ0n) is 12.9. The van der Waals surface area contributed by atoms with E-state index in [9.17, 15) is 4.79 Å². The second-order valence-corrected chi connectivity index (χ2v) is 5.08. The van der Waals surface area contributed by atoms with Crippen LogP contribution in [0, 0.1) is 0 Å². The Kier molecular flexibility index (Phi) is 4.57. The molecule has 6 heteroatoms. The minimum Gasteiger partial charge on any atom is -0.493 e. The van der Waals surface area contributed by atoms with Gasteiger partial charge in [-0.1, -0.05) is 0 Å². The smallest absolute Gasteiger partial charge is 0.322 e. The lowest BCUT2D eigenvalue weighted by Crippen LogP contribution is -2.43. The van der Waals surface area contributed by atoms with Gasteiger partial charge in [0.25, 0.3) is 0 Å². The topological polar surface area (TPSA) is 74.0 Å². The summed E-state index contributed by atoms with van der Waals surface area (Å²) in [5, 5.41) is 0. The van der Waals surface area contributed by atoms with E-state index in [-0.39, 0.29) is 12.0 Å². The minimum absolute atomic E-state index is 0.242. The average molecular weight is 294 g/mol. The summed E-state index contributed by atoms with van der Waals surface area (Å²) in [7, 11) is 4.59. The van der Waals surface area contributed by atoms with Crippen LogP contribution in [0.3, 0.4) is 0 Å². The predicted molar refractivity (Wildman–Crippen MR) is 79.6 cm³/mol. The lowest BCUT2D eigenvalue weighted by molar-refractivity contribution is -0.146. The first-order chi connectivity index (χ1) is 10.0. The Hall–Kier alpha value is -1.95. The second-order valence-electron chi connectivity index (χ2n) is 5.08. The van der Waals surface area contributed by atoms with Crippen LogP contribution in [0.2, 0.25) is 0 Å². The zero-order chi connectivity index (χ0) is 15.6. The maximum Gasteiger partial charge on any atom is 0.322 e. The summed E-state index contributed by atoms with van der Waals surface area (Å²) in [6.45, 7) is 3.17. The lowest BCUT2D eigenvalue weighted by atomic mass is 9.95. The van der Waals surface area contributed by atoms with E-state index in [1.807, 2.05) is 6.92 Å². The van der Waals surface area contributed by atoms with Gasteiger partial charge >= 0.3 is 5.97 Å². The molecule has 0 aromatic heterocycles. The summed E-state index contributed by atoms with van der Waals surface area (Å²) in [5.74, 6) is 1.05. The van der Waals surface area contributed by atoms with E-state index in [1.165, 1.54) is 7.11 Å². The first kappa shape index (κ1) is 15.4. The zero-order valence-corrected chi connectivity index (χ0v) is 12.9. The number of anilines is 1. The van der Waals surface area contributed by atoms with Crippen LogP contribution in [0.25, 0.3) is 0 Å². The van der Waals surface area contributed by atoms with Crippen molar-refractivity contribution in [2.24, 2.45) is 0 Å². The molecule has 1 aromatic carbocycles. The van der Waals surface area contributed by atoms with E-state index >= 15 is 0 Å². The van der Waals surface area contributed by atoms with Crippen LogP contribution in [0.1, 0.15) is 18.1 Å². The molecule has 1 heterocycles. The Labute approximate surface area is 124 Å². The molecule has 6 nitrogen and oxygen atoms in total. The van der Waals surface area contributed by atoms with Gasteiger partial charge in [-0.3, -0.25) is 9.69 Å². The van der Waals surface area contributed by atoms with E-state index in [1.54, 1.807) is 20.3 Å². The van der Waals surface area contributed by atoms with Crippen LogP contribution >= 0.6 is 0 Å². The third-order valence-electron chi connectivity index (χ3n) is 4.02. The molecule has 0 saturated heterocycles. The van der Waals surface area contributed by atoms with Crippen LogP contribution < -0.4 is 15.2 Å². The van der Waals surface area contributed by atoms with Crippen molar-refractivity contribution in [3.05, 3.63) is 17.2 Å². The van der Waals surface area contributed by atoms with Gasteiger partial charge < -0.3 is 19.9 Å². The molecule has 1 unspecified atom stereocenters. The summed E-state index contributed by atoms with van der Waals surface area (Å²) in [6, 6.07) is 1.48. The molecule has 0 aliphatic carbocycles. The molecule has 0 fully saturated rings. The third kappa shape index (κ3) is 2.76. The number of esters is 1. The molecule has 2 rings (SSSR count). The van der Waals surface area contributed by atoms with Gasteiger partial charge in [0.2, 0.25) is 0 Å². The highest BCUT2D eigenvalue weighted by Crippen LogP contribution is 2.40. The Morgan fingerprint density at radius 2 is 2.00 bits per heavy atom. The van der Waals surface area contributed by atoms with E-state index in [2.05, 4.69) is 4.90 Å². The van der Waals surface area contributed by atoms with Crippen molar-refractivity contribution in [1.29, 1.82) is 0 Å². The maximum absolute atomic E-state index is 11.7. The minimum atomic E-state index is -0.305. The fraction of sp³-hybridized carbons (Fsp3) is 0.533. The molecular weight excluding hydrogens is 272 g/mol. The summed E-state index contributed by atoms with van der Waals surface area (Å²) in [6.07, 6.45) is 0.767. The normalized spacial score (nSPS) is 16.0. The quantitative estimate of drug-likeness (QED) is 0.664. The number of hydrogen-bond acceptors (Lipinski definition) is 6. The molecule has 0 spiro atoms. The highest BCUT2D eigenvalue weighted by Gasteiger charge is 2.30. The van der Waals surface area contributed by atoms with E-state index < -0.39 is 0 Å². The van der Waals surface area contributed by atoms with Crippen LogP contribution in [0.5, 0.6) is 11.5 Å². The summed E-state index contributed by atoms with van der Waals surface area (Å²) >= 11 is 0. The van der Waals surface area contributed by atoms with Crippen molar-refractivity contribution in [2.75, 3.05) is 33.6 Å². The SMILES string of the molecule is COC(=O)C(C)N1CCc2c(N)cc(OC)c(OC)c2C1. The number of nitrogens with zero attached hydrogens (tertiary/aromatic N) is 1. The van der Waals surface area contributed by atoms with Crippen molar-refractivity contribution in [3.8, 4) is 11.5 Å². The summed E-state index contributed by atoms with van der Waals surface area (Å²) < 4.78 is 15.6. The summed E-state index contributed by atoms with van der Waals surface area (Å²) in [5.41, 5.74) is 8.86. The van der Waals surface area contributed by atoms with Crippen LogP contribution in [0.4, 0.5) is 5.69 Å². The molecule has 116 valence electrons. The van der Waals surface area contributed by atoms with Crippen molar-refractivity contribution in [2.45, 2.75) is 25.9 Å². The maximum atomic E-state index is 11.7. The van der Waals surface area contributed by atoms with Gasteiger partial charge in [0, 0.05) is 30.4 Å². The number of fused-ring (bicyclic) bond motifs is 1. The molecule has 0 saturated carbocycles. The van der Waals surface area contributed by atoms with Crippen molar-refractivity contribution in [1.82, 2.24) is 4.90 Å². The van der Waals surface area contributed by atoms with Crippen molar-refractivity contribution in [3.63, 3.8) is 0 Å². The Balaban J connectivity index is 2.38. The predicted octanol–water partition coefficient (Wildman–Crippen LogP) is 1.21. The number of carbonyl (C=O) groups is 1. The highest BCUT2D eigenvalue weighted by molar-refractivity contribution is 5.75. The Bertz CT molecular complexity index is 545. The number of carbonyl (C=O) groups excluding carboxylic acids is 1. The van der Waals surface area contributed by atoms with Crippen LogP contribution in [0.15, 0.2) is 6.07 Å². The summed E-state index contributed by atoms with van der Waals surface area (Å²) in [4.78, 5) is 13.8. The standard InChI is InChI=1S/C15H22N2O4/c1-9(15(18)21-4)17-6-5-10-11(8-17)14(20-3)13(19-2)7-12(10)16/h7,9H,5-6,8,16H2,1-4H3. The van der Waals surface area contributed by atoms with Gasteiger partial charge in [0.05, 0.1) is 21.3 Å². The molecule has 1 atom stereocenters. The molecule has 0 amide bonds. The van der Waals surface area contributed by atoms with Gasteiger partial charge in [-0.25, -0.2) is 0 Å². The third-order valence-corrected chi connectivity index (χ3v) is 4.02. The molecule has 0 bridgehead atoms. The Morgan fingerprint density at radius 3 is 2.57 bits per heavy atom. The number of ether oxygens (including phenoxy) is 3. The van der Waals surface area contributed by atoms with E-state index in [0.717, 1.165) is 24.1 Å². The second kappa shape index (κ2) is 6.22. The highest BCUT2D eigenvalue weighted by atomic mass is 16.5. The van der Waals surface area contributed by atoms with Crippen molar-refractivity contribution < 1.29 is 19.0 Å². The van der Waals surface area contributed by atoms with Gasteiger partial charge in [0.1, 0.15) is 6.04 Å². The molecule has 1 aliphatic rings. The number of hydrogen-bond donors (Lipinski definition) is 1. The molecule has 1 aliphatic heterocycles. The van der Waals surface area contributed by atoms with Crippen LogP contribution in [-0.4, -0.2) is 44.8 Å². The van der Waals surface area contributed by atoms with Gasteiger partial charge in [-0.15, -0.1) is 0 Å². The number of rotatable bonds is 4. The molecule has 0 radical (unpaired) electrons. The molecule has 1 aromatic rings. The fourth-order valence-corrected chi connectivity index (χ4v) is 2.78. The lowest BCUT2D eigenvalue weighted by Gasteiger charge is -2.33. The van der Waals surface area contributed by atoms with Crippen molar-refractivity contribution >= 4 is 11.7 Å². The number of benzene rings is 1. The van der Waals surface area contributed by atoms with E-state index in [4.69, 9.17) is 19.9 Å². The van der Waals surface area contributed by atoms with Gasteiger partial charge in [-0.2, -0.15) is 0 Å². The molecule has 21 heavy (non-hydrogen) atoms. The van der Waals surface area contributed by atoms with Gasteiger partial charge in [0.15, 0.2) is 11.5 Å². The molecular formula is C15H22N2O4. The fourth-order valence-electron chi connectivity index (χ4n) is 2.78. The monoisotopic (exact) mass is 294 g/mol. The number of nitrogens with two attached hydrogens (primary N) is 1. The number of nitrogen functional groups attached to an aromatic ring is 1. The average Bonchev–Trinajstić information content (AvgIpc) is 2.52. The first-order valence-corrected chi connectivity index (χ1v) is 6.87. The molecule has 2 N–H and O–H groups in total. The largest absolute Gasteiger partial charge is 0.493 e. The number of methoxy groups -OCH3 is 3. The van der Waals surface area contributed by atoms with Crippen LogP contribution in [-0.2, 0) is 22.5 Å². The van der Waals surface area contributed by atoms with E-state index in [0.29, 0.717) is 23.7 Å². The Morgan fingerprint density at radius 1 is 1.29 bits per heavy atom. The first-order valence-electron chi connectivity index (χ1n) is 6.87.